The molecule has 156 valence electrons. The summed E-state index contributed by atoms with van der Waals surface area (Å²) in [7, 11) is 1.30. The van der Waals surface area contributed by atoms with Gasteiger partial charge in [-0.05, 0) is 25.5 Å². The standard InChI is InChI=1S/C20H26N4O5/c1-4-29-20(27)24-9-7-23(8-10-24)12-16(25)22-17-14-6-5-13(2)11-15(14)21-18(17)19(26)28-3/h5-6,11,21H,4,7-10,12H2,1-3H3,(H,22,25)/p+1. The molecule has 3 N–H and O–H groups in total. The Labute approximate surface area is 168 Å². The summed E-state index contributed by atoms with van der Waals surface area (Å²) < 4.78 is 9.86. The van der Waals surface area contributed by atoms with Crippen LogP contribution in [-0.4, -0.2) is 74.3 Å². The summed E-state index contributed by atoms with van der Waals surface area (Å²) in [5, 5.41) is 3.63. The van der Waals surface area contributed by atoms with Crippen molar-refractivity contribution in [3.8, 4) is 0 Å². The van der Waals surface area contributed by atoms with Gasteiger partial charge in [-0.2, -0.15) is 0 Å². The number of benzene rings is 1. The van der Waals surface area contributed by atoms with E-state index in [0.29, 0.717) is 38.5 Å². The molecule has 0 bridgehead atoms. The summed E-state index contributed by atoms with van der Waals surface area (Å²) in [4.78, 5) is 42.4. The summed E-state index contributed by atoms with van der Waals surface area (Å²) in [6, 6.07) is 5.71. The third kappa shape index (κ3) is 4.68. The zero-order chi connectivity index (χ0) is 21.0. The molecule has 0 saturated carbocycles. The number of amides is 2. The Hall–Kier alpha value is -3.07. The molecule has 1 aliphatic heterocycles. The fraction of sp³-hybridized carbons (Fsp3) is 0.450. The fourth-order valence-corrected chi connectivity index (χ4v) is 3.50. The van der Waals surface area contributed by atoms with E-state index in [1.807, 2.05) is 25.1 Å². The van der Waals surface area contributed by atoms with Crippen molar-refractivity contribution in [3.63, 3.8) is 0 Å². The Morgan fingerprint density at radius 3 is 2.62 bits per heavy atom. The van der Waals surface area contributed by atoms with Crippen molar-refractivity contribution >= 4 is 34.6 Å². The van der Waals surface area contributed by atoms with Crippen molar-refractivity contribution < 1.29 is 28.8 Å². The predicted molar refractivity (Wildman–Crippen MR) is 107 cm³/mol. The molecule has 1 aromatic carbocycles. The number of piperazine rings is 1. The number of aryl methyl sites for hydroxylation is 1. The highest BCUT2D eigenvalue weighted by atomic mass is 16.6. The Morgan fingerprint density at radius 2 is 1.97 bits per heavy atom. The van der Waals surface area contributed by atoms with Gasteiger partial charge in [0.15, 0.2) is 6.54 Å². The van der Waals surface area contributed by atoms with E-state index in [-0.39, 0.29) is 24.2 Å². The molecule has 0 radical (unpaired) electrons. The summed E-state index contributed by atoms with van der Waals surface area (Å²) in [6.45, 7) is 6.72. The Kier molecular flexibility index (Phi) is 6.38. The Bertz CT molecular complexity index is 915. The van der Waals surface area contributed by atoms with Crippen LogP contribution >= 0.6 is 0 Å². The summed E-state index contributed by atoms with van der Waals surface area (Å²) >= 11 is 0. The monoisotopic (exact) mass is 403 g/mol. The molecule has 1 fully saturated rings. The summed E-state index contributed by atoms with van der Waals surface area (Å²) in [5.74, 6) is -0.735. The van der Waals surface area contributed by atoms with Gasteiger partial charge >= 0.3 is 12.1 Å². The molecule has 0 unspecified atom stereocenters. The van der Waals surface area contributed by atoms with Crippen LogP contribution in [0.5, 0.6) is 0 Å². The highest BCUT2D eigenvalue weighted by molar-refractivity contribution is 6.11. The molecular formula is C20H27N4O5+. The molecule has 9 nitrogen and oxygen atoms in total. The molecule has 29 heavy (non-hydrogen) atoms. The average Bonchev–Trinajstić information content (AvgIpc) is 3.05. The van der Waals surface area contributed by atoms with Crippen molar-refractivity contribution in [2.75, 3.05) is 51.8 Å². The van der Waals surface area contributed by atoms with Crippen molar-refractivity contribution in [2.24, 2.45) is 0 Å². The number of anilines is 1. The molecule has 9 heteroatoms. The number of H-pyrrole nitrogens is 1. The lowest BCUT2D eigenvalue weighted by Gasteiger charge is -2.31. The van der Waals surface area contributed by atoms with Crippen molar-refractivity contribution in [3.05, 3.63) is 29.5 Å². The van der Waals surface area contributed by atoms with Crippen LogP contribution in [0.1, 0.15) is 23.0 Å². The molecule has 1 aliphatic rings. The van der Waals surface area contributed by atoms with E-state index < -0.39 is 5.97 Å². The van der Waals surface area contributed by atoms with E-state index in [2.05, 4.69) is 10.3 Å². The van der Waals surface area contributed by atoms with Gasteiger partial charge in [0.05, 0.1) is 45.6 Å². The molecule has 2 amide bonds. The minimum absolute atomic E-state index is 0.198. The second kappa shape index (κ2) is 8.95. The highest BCUT2D eigenvalue weighted by Gasteiger charge is 2.27. The quantitative estimate of drug-likeness (QED) is 0.633. The molecule has 1 saturated heterocycles. The van der Waals surface area contributed by atoms with Crippen molar-refractivity contribution in [1.82, 2.24) is 9.88 Å². The normalized spacial score (nSPS) is 14.7. The van der Waals surface area contributed by atoms with E-state index in [1.54, 1.807) is 11.8 Å². The first kappa shape index (κ1) is 20.7. The first-order valence-corrected chi connectivity index (χ1v) is 9.68. The van der Waals surface area contributed by atoms with Gasteiger partial charge in [-0.15, -0.1) is 0 Å². The number of fused-ring (bicyclic) bond motifs is 1. The van der Waals surface area contributed by atoms with Gasteiger partial charge in [-0.25, -0.2) is 9.59 Å². The third-order valence-electron chi connectivity index (χ3n) is 5.02. The summed E-state index contributed by atoms with van der Waals surface area (Å²) in [6.07, 6.45) is -0.312. The van der Waals surface area contributed by atoms with Crippen LogP contribution in [0, 0.1) is 6.92 Å². The SMILES string of the molecule is CCOC(=O)N1CC[NH+](CC(=O)Nc2c(C(=O)OC)[nH]c3cc(C)ccc23)CC1. The maximum Gasteiger partial charge on any atom is 0.410 e. The predicted octanol–water partition coefficient (Wildman–Crippen LogP) is 0.558. The zero-order valence-electron chi connectivity index (χ0n) is 17.0. The number of carbonyl (C=O) groups is 3. The van der Waals surface area contributed by atoms with Gasteiger partial charge in [0.1, 0.15) is 5.69 Å². The molecule has 2 aromatic rings. The number of esters is 1. The smallest absolute Gasteiger partial charge is 0.410 e. The van der Waals surface area contributed by atoms with E-state index in [4.69, 9.17) is 9.47 Å². The molecule has 3 rings (SSSR count). The Morgan fingerprint density at radius 1 is 1.24 bits per heavy atom. The van der Waals surface area contributed by atoms with Gasteiger partial charge in [-0.3, -0.25) is 9.69 Å². The van der Waals surface area contributed by atoms with Gasteiger partial charge in [0.25, 0.3) is 5.91 Å². The van der Waals surface area contributed by atoms with E-state index >= 15 is 0 Å². The van der Waals surface area contributed by atoms with Crippen LogP contribution < -0.4 is 10.2 Å². The van der Waals surface area contributed by atoms with Crippen LogP contribution in [-0.2, 0) is 14.3 Å². The number of quaternary nitrogens is 1. The number of nitrogens with one attached hydrogen (secondary N) is 3. The van der Waals surface area contributed by atoms with Gasteiger partial charge in [0.2, 0.25) is 0 Å². The number of hydrogen-bond donors (Lipinski definition) is 3. The lowest BCUT2D eigenvalue weighted by atomic mass is 10.1. The van der Waals surface area contributed by atoms with E-state index in [1.165, 1.54) is 7.11 Å². The Balaban J connectivity index is 1.67. The average molecular weight is 403 g/mol. The van der Waals surface area contributed by atoms with Gasteiger partial charge < -0.3 is 24.7 Å². The van der Waals surface area contributed by atoms with Crippen molar-refractivity contribution in [1.29, 1.82) is 0 Å². The second-order valence-electron chi connectivity index (χ2n) is 7.08. The first-order valence-electron chi connectivity index (χ1n) is 9.68. The van der Waals surface area contributed by atoms with Crippen LogP contribution in [0.3, 0.4) is 0 Å². The number of methoxy groups -OCH3 is 1. The number of aromatic nitrogens is 1. The first-order chi connectivity index (χ1) is 13.9. The van der Waals surface area contributed by atoms with Crippen LogP contribution in [0.25, 0.3) is 10.9 Å². The van der Waals surface area contributed by atoms with Crippen LogP contribution in [0.15, 0.2) is 18.2 Å². The number of nitrogens with zero attached hydrogens (tertiary/aromatic N) is 1. The largest absolute Gasteiger partial charge is 0.464 e. The zero-order valence-corrected chi connectivity index (χ0v) is 17.0. The minimum Gasteiger partial charge on any atom is -0.464 e. The maximum atomic E-state index is 12.7. The molecular weight excluding hydrogens is 376 g/mol. The molecule has 0 aliphatic carbocycles. The maximum absolute atomic E-state index is 12.7. The third-order valence-corrected chi connectivity index (χ3v) is 5.02. The van der Waals surface area contributed by atoms with Gasteiger partial charge in [-0.1, -0.05) is 12.1 Å². The summed E-state index contributed by atoms with van der Waals surface area (Å²) in [5.41, 5.74) is 2.46. The second-order valence-corrected chi connectivity index (χ2v) is 7.08. The van der Waals surface area contributed by atoms with Crippen molar-refractivity contribution in [2.45, 2.75) is 13.8 Å². The lowest BCUT2D eigenvalue weighted by molar-refractivity contribution is -0.895. The highest BCUT2D eigenvalue weighted by Crippen LogP contribution is 2.29. The lowest BCUT2D eigenvalue weighted by Crippen LogP contribution is -3.15. The number of rotatable bonds is 5. The molecule has 2 heterocycles. The molecule has 0 atom stereocenters. The minimum atomic E-state index is -0.537. The number of aromatic amines is 1. The van der Waals surface area contributed by atoms with E-state index in [9.17, 15) is 14.4 Å². The van der Waals surface area contributed by atoms with Crippen LogP contribution in [0.4, 0.5) is 10.5 Å². The van der Waals surface area contributed by atoms with E-state index in [0.717, 1.165) is 21.4 Å². The van der Waals surface area contributed by atoms with Gasteiger partial charge in [0, 0.05) is 10.9 Å². The fourth-order valence-electron chi connectivity index (χ4n) is 3.50. The number of ether oxygens (including phenoxy) is 2. The number of carbonyl (C=O) groups excluding carboxylic acids is 3. The van der Waals surface area contributed by atoms with Crippen LogP contribution in [0.2, 0.25) is 0 Å². The molecule has 1 aromatic heterocycles. The number of hydrogen-bond acceptors (Lipinski definition) is 5. The molecule has 0 spiro atoms. The topological polar surface area (TPSA) is 105 Å².